The fourth-order valence-electron chi connectivity index (χ4n) is 3.58. The van der Waals surface area contributed by atoms with Crippen molar-refractivity contribution in [3.63, 3.8) is 0 Å². The summed E-state index contributed by atoms with van der Waals surface area (Å²) in [6.07, 6.45) is 0. The molecule has 1 saturated heterocycles. The van der Waals surface area contributed by atoms with Crippen LogP contribution in [0.1, 0.15) is 29.2 Å². The summed E-state index contributed by atoms with van der Waals surface area (Å²) in [6, 6.07) is 16.9. The Morgan fingerprint density at radius 2 is 1.61 bits per heavy atom. The molecular formula is C24H35IN4O2. The van der Waals surface area contributed by atoms with Crippen LogP contribution in [0.5, 0.6) is 0 Å². The van der Waals surface area contributed by atoms with Crippen molar-refractivity contribution in [2.45, 2.75) is 33.2 Å². The van der Waals surface area contributed by atoms with E-state index in [-0.39, 0.29) is 24.0 Å². The maximum Gasteiger partial charge on any atom is 0.191 e. The summed E-state index contributed by atoms with van der Waals surface area (Å²) in [6.45, 7) is 9.44. The fourth-order valence-corrected chi connectivity index (χ4v) is 3.58. The van der Waals surface area contributed by atoms with Gasteiger partial charge in [0.25, 0.3) is 0 Å². The number of halogens is 1. The zero-order valence-electron chi connectivity index (χ0n) is 18.6. The van der Waals surface area contributed by atoms with Gasteiger partial charge < -0.3 is 20.1 Å². The topological polar surface area (TPSA) is 58.1 Å². The number of morpholine rings is 1. The Kier molecular flexibility index (Phi) is 11.9. The maximum absolute atomic E-state index is 5.47. The smallest absolute Gasteiger partial charge is 0.191 e. The number of ether oxygens (including phenoxy) is 2. The molecule has 6 nitrogen and oxygen atoms in total. The highest BCUT2D eigenvalue weighted by Crippen LogP contribution is 2.14. The maximum atomic E-state index is 5.47. The van der Waals surface area contributed by atoms with E-state index in [1.807, 2.05) is 6.07 Å². The summed E-state index contributed by atoms with van der Waals surface area (Å²) in [5, 5.41) is 6.82. The monoisotopic (exact) mass is 538 g/mol. The van der Waals surface area contributed by atoms with Crippen LogP contribution in [0.4, 0.5) is 0 Å². The molecule has 2 aromatic rings. The lowest BCUT2D eigenvalue weighted by atomic mass is 10.1. The van der Waals surface area contributed by atoms with Crippen LogP contribution in [0.3, 0.4) is 0 Å². The molecule has 1 heterocycles. The van der Waals surface area contributed by atoms with Gasteiger partial charge in [-0.2, -0.15) is 0 Å². The number of nitrogens with zero attached hydrogens (tertiary/aromatic N) is 2. The van der Waals surface area contributed by atoms with Crippen molar-refractivity contribution in [1.82, 2.24) is 15.5 Å². The molecular weight excluding hydrogens is 503 g/mol. The minimum Gasteiger partial charge on any atom is -0.380 e. The fraction of sp³-hybridized carbons (Fsp3) is 0.458. The minimum absolute atomic E-state index is 0. The molecule has 0 saturated carbocycles. The summed E-state index contributed by atoms with van der Waals surface area (Å²) in [7, 11) is 1.73. The Balaban J connectivity index is 0.00000341. The van der Waals surface area contributed by atoms with E-state index in [4.69, 9.17) is 14.5 Å². The normalized spacial score (nSPS) is 14.7. The van der Waals surface area contributed by atoms with E-state index in [1.165, 1.54) is 22.3 Å². The number of hydrogen-bond acceptors (Lipinski definition) is 4. The summed E-state index contributed by atoms with van der Waals surface area (Å²) in [5.74, 6) is 0.825. The Morgan fingerprint density at radius 3 is 2.29 bits per heavy atom. The Bertz CT molecular complexity index is 810. The van der Waals surface area contributed by atoms with Crippen molar-refractivity contribution in [2.24, 2.45) is 4.99 Å². The van der Waals surface area contributed by atoms with E-state index in [2.05, 4.69) is 64.9 Å². The number of aliphatic imine (C=N–C) groups is 1. The minimum atomic E-state index is 0. The summed E-state index contributed by atoms with van der Waals surface area (Å²) in [4.78, 5) is 7.29. The number of rotatable bonds is 9. The molecule has 170 valence electrons. The SMILES string of the molecule is CCNC(=NCc1ccccc1CN1CCOCC1)NCc1ccccc1COC.I. The third kappa shape index (κ3) is 8.40. The largest absolute Gasteiger partial charge is 0.380 e. The molecule has 0 aliphatic carbocycles. The molecule has 7 heteroatoms. The van der Waals surface area contributed by atoms with Gasteiger partial charge in [-0.05, 0) is 29.2 Å². The van der Waals surface area contributed by atoms with E-state index in [0.717, 1.165) is 45.4 Å². The van der Waals surface area contributed by atoms with Crippen LogP contribution in [-0.4, -0.2) is 50.8 Å². The van der Waals surface area contributed by atoms with Crippen LogP contribution in [-0.2, 0) is 35.7 Å². The van der Waals surface area contributed by atoms with Crippen LogP contribution in [0, 0.1) is 0 Å². The molecule has 0 aromatic heterocycles. The van der Waals surface area contributed by atoms with Gasteiger partial charge in [-0.1, -0.05) is 48.5 Å². The first-order valence-corrected chi connectivity index (χ1v) is 10.7. The van der Waals surface area contributed by atoms with Gasteiger partial charge in [0, 0.05) is 39.8 Å². The molecule has 0 atom stereocenters. The molecule has 0 radical (unpaired) electrons. The highest BCUT2D eigenvalue weighted by atomic mass is 127. The third-order valence-electron chi connectivity index (χ3n) is 5.23. The Morgan fingerprint density at radius 1 is 0.968 bits per heavy atom. The lowest BCUT2D eigenvalue weighted by Crippen LogP contribution is -2.37. The molecule has 2 N–H and O–H groups in total. The lowest BCUT2D eigenvalue weighted by molar-refractivity contribution is 0.0341. The van der Waals surface area contributed by atoms with Gasteiger partial charge in [0.15, 0.2) is 5.96 Å². The molecule has 1 aliphatic rings. The molecule has 0 unspecified atom stereocenters. The van der Waals surface area contributed by atoms with Crippen LogP contribution < -0.4 is 10.6 Å². The third-order valence-corrected chi connectivity index (χ3v) is 5.23. The quantitative estimate of drug-likeness (QED) is 0.291. The van der Waals surface area contributed by atoms with Crippen molar-refractivity contribution in [3.05, 3.63) is 70.8 Å². The van der Waals surface area contributed by atoms with E-state index in [0.29, 0.717) is 19.7 Å². The number of benzene rings is 2. The van der Waals surface area contributed by atoms with Gasteiger partial charge in [0.05, 0.1) is 26.4 Å². The summed E-state index contributed by atoms with van der Waals surface area (Å²) in [5.41, 5.74) is 5.02. The molecule has 31 heavy (non-hydrogen) atoms. The Hall–Kier alpha value is -1.68. The van der Waals surface area contributed by atoms with Gasteiger partial charge >= 0.3 is 0 Å². The first-order valence-electron chi connectivity index (χ1n) is 10.7. The van der Waals surface area contributed by atoms with Gasteiger partial charge in [0.2, 0.25) is 0 Å². The number of methoxy groups -OCH3 is 1. The predicted octanol–water partition coefficient (Wildman–Crippen LogP) is 3.54. The molecule has 1 aliphatic heterocycles. The second kappa shape index (κ2) is 14.4. The van der Waals surface area contributed by atoms with E-state index in [9.17, 15) is 0 Å². The average molecular weight is 538 g/mol. The number of hydrogen-bond donors (Lipinski definition) is 2. The number of nitrogens with one attached hydrogen (secondary N) is 2. The first kappa shape index (κ1) is 25.6. The highest BCUT2D eigenvalue weighted by Gasteiger charge is 2.12. The van der Waals surface area contributed by atoms with Crippen molar-refractivity contribution in [2.75, 3.05) is 40.0 Å². The zero-order chi connectivity index (χ0) is 21.0. The first-order chi connectivity index (χ1) is 14.8. The molecule has 0 amide bonds. The van der Waals surface area contributed by atoms with E-state index in [1.54, 1.807) is 7.11 Å². The predicted molar refractivity (Wildman–Crippen MR) is 137 cm³/mol. The van der Waals surface area contributed by atoms with Crippen molar-refractivity contribution in [3.8, 4) is 0 Å². The van der Waals surface area contributed by atoms with E-state index >= 15 is 0 Å². The summed E-state index contributed by atoms with van der Waals surface area (Å²) >= 11 is 0. The lowest BCUT2D eigenvalue weighted by Gasteiger charge is -2.27. The van der Waals surface area contributed by atoms with Gasteiger partial charge in [-0.25, -0.2) is 4.99 Å². The van der Waals surface area contributed by atoms with Crippen molar-refractivity contribution >= 4 is 29.9 Å². The van der Waals surface area contributed by atoms with Gasteiger partial charge in [-0.3, -0.25) is 4.90 Å². The molecule has 0 spiro atoms. The molecule has 3 rings (SSSR count). The average Bonchev–Trinajstić information content (AvgIpc) is 2.78. The molecule has 1 fully saturated rings. The van der Waals surface area contributed by atoms with Crippen LogP contribution in [0.25, 0.3) is 0 Å². The van der Waals surface area contributed by atoms with E-state index < -0.39 is 0 Å². The second-order valence-corrected chi connectivity index (χ2v) is 7.41. The highest BCUT2D eigenvalue weighted by molar-refractivity contribution is 14.0. The standard InChI is InChI=1S/C24H34N4O2.HI/c1-3-25-24(27-17-21-9-5-7-11-23(21)19-29-2)26-16-20-8-4-6-10-22(20)18-28-12-14-30-15-13-28;/h4-11H,3,12-19H2,1-2H3,(H2,25,26,27);1H. The van der Waals surface area contributed by atoms with Gasteiger partial charge in [-0.15, -0.1) is 24.0 Å². The second-order valence-electron chi connectivity index (χ2n) is 7.41. The van der Waals surface area contributed by atoms with Crippen LogP contribution >= 0.6 is 24.0 Å². The molecule has 2 aromatic carbocycles. The summed E-state index contributed by atoms with van der Waals surface area (Å²) < 4.78 is 10.8. The van der Waals surface area contributed by atoms with Crippen molar-refractivity contribution in [1.29, 1.82) is 0 Å². The van der Waals surface area contributed by atoms with Crippen LogP contribution in [0.15, 0.2) is 53.5 Å². The van der Waals surface area contributed by atoms with Crippen molar-refractivity contribution < 1.29 is 9.47 Å². The van der Waals surface area contributed by atoms with Gasteiger partial charge in [0.1, 0.15) is 0 Å². The zero-order valence-corrected chi connectivity index (χ0v) is 20.9. The number of guanidine groups is 1. The van der Waals surface area contributed by atoms with Crippen LogP contribution in [0.2, 0.25) is 0 Å². The Labute approximate surface area is 203 Å². The molecule has 0 bridgehead atoms.